The van der Waals surface area contributed by atoms with Gasteiger partial charge in [0.2, 0.25) is 0 Å². The normalized spacial score (nSPS) is 10.9. The molecule has 3 aromatic rings. The van der Waals surface area contributed by atoms with Crippen LogP contribution in [0, 0.1) is 0 Å². The summed E-state index contributed by atoms with van der Waals surface area (Å²) in [6.45, 7) is 0. The average molecular weight is 411 g/mol. The van der Waals surface area contributed by atoms with E-state index in [9.17, 15) is 14.7 Å². The van der Waals surface area contributed by atoms with Gasteiger partial charge in [-0.1, -0.05) is 12.1 Å². The molecule has 1 amide bonds. The zero-order valence-electron chi connectivity index (χ0n) is 16.9. The SMILES string of the molecule is COc1cc(OC)c(OC)cc1/C=N\NC(=O)c1c(O)c2ccccc2n(C)c1=O. The number of hydrogen-bond donors (Lipinski definition) is 2. The van der Waals surface area contributed by atoms with E-state index in [0.29, 0.717) is 33.7 Å². The van der Waals surface area contributed by atoms with Crippen molar-refractivity contribution >= 4 is 23.0 Å². The smallest absolute Gasteiger partial charge is 0.280 e. The summed E-state index contributed by atoms with van der Waals surface area (Å²) < 4.78 is 17.1. The molecule has 0 saturated heterocycles. The van der Waals surface area contributed by atoms with E-state index in [2.05, 4.69) is 10.5 Å². The second-order valence-electron chi connectivity index (χ2n) is 6.25. The number of rotatable bonds is 6. The third kappa shape index (κ3) is 3.64. The van der Waals surface area contributed by atoms with Gasteiger partial charge in [-0.3, -0.25) is 9.59 Å². The highest BCUT2D eigenvalue weighted by Crippen LogP contribution is 2.33. The first kappa shape index (κ1) is 20.7. The highest BCUT2D eigenvalue weighted by Gasteiger charge is 2.20. The highest BCUT2D eigenvalue weighted by molar-refractivity contribution is 6.02. The van der Waals surface area contributed by atoms with Crippen LogP contribution in [0.2, 0.25) is 0 Å². The van der Waals surface area contributed by atoms with Crippen LogP contribution in [0.1, 0.15) is 15.9 Å². The third-order valence-corrected chi connectivity index (χ3v) is 4.61. The summed E-state index contributed by atoms with van der Waals surface area (Å²) in [5.74, 6) is 0.127. The van der Waals surface area contributed by atoms with Gasteiger partial charge >= 0.3 is 0 Å². The van der Waals surface area contributed by atoms with Gasteiger partial charge in [-0.25, -0.2) is 5.43 Å². The number of aromatic hydroxyl groups is 1. The number of fused-ring (bicyclic) bond motifs is 1. The number of pyridine rings is 1. The monoisotopic (exact) mass is 411 g/mol. The van der Waals surface area contributed by atoms with E-state index in [0.717, 1.165) is 0 Å². The van der Waals surface area contributed by atoms with E-state index in [4.69, 9.17) is 14.2 Å². The fraction of sp³-hybridized carbons (Fsp3) is 0.190. The van der Waals surface area contributed by atoms with Crippen molar-refractivity contribution in [3.63, 3.8) is 0 Å². The van der Waals surface area contributed by atoms with Crippen molar-refractivity contribution in [3.05, 3.63) is 57.9 Å². The largest absolute Gasteiger partial charge is 0.506 e. The second kappa shape index (κ2) is 8.56. The lowest BCUT2D eigenvalue weighted by Crippen LogP contribution is -2.30. The molecule has 0 aliphatic rings. The number of hydrazone groups is 1. The van der Waals surface area contributed by atoms with Crippen molar-refractivity contribution in [1.29, 1.82) is 0 Å². The van der Waals surface area contributed by atoms with Crippen molar-refractivity contribution in [1.82, 2.24) is 9.99 Å². The van der Waals surface area contributed by atoms with Crippen LogP contribution in [0.15, 0.2) is 46.3 Å². The summed E-state index contributed by atoms with van der Waals surface area (Å²) in [5, 5.41) is 14.7. The van der Waals surface area contributed by atoms with Gasteiger partial charge in [0, 0.05) is 24.1 Å². The molecule has 156 valence electrons. The Labute approximate surface area is 172 Å². The predicted molar refractivity (Wildman–Crippen MR) is 112 cm³/mol. The number of aryl methyl sites for hydroxylation is 1. The van der Waals surface area contributed by atoms with Crippen LogP contribution in [0.5, 0.6) is 23.0 Å². The highest BCUT2D eigenvalue weighted by atomic mass is 16.5. The van der Waals surface area contributed by atoms with E-state index in [1.54, 1.807) is 36.4 Å². The van der Waals surface area contributed by atoms with Crippen molar-refractivity contribution in [2.24, 2.45) is 12.1 Å². The summed E-state index contributed by atoms with van der Waals surface area (Å²) in [7, 11) is 6.00. The first-order valence-electron chi connectivity index (χ1n) is 8.87. The van der Waals surface area contributed by atoms with Gasteiger partial charge in [-0.15, -0.1) is 0 Å². The maximum absolute atomic E-state index is 12.6. The number of carbonyl (C=O) groups excluding carboxylic acids is 1. The van der Waals surface area contributed by atoms with Gasteiger partial charge in [0.15, 0.2) is 11.5 Å². The molecule has 1 aromatic heterocycles. The molecule has 0 atom stereocenters. The van der Waals surface area contributed by atoms with Crippen LogP contribution in [-0.2, 0) is 7.05 Å². The number of aromatic nitrogens is 1. The first-order chi connectivity index (χ1) is 14.4. The van der Waals surface area contributed by atoms with Gasteiger partial charge < -0.3 is 23.9 Å². The standard InChI is InChI=1S/C21H21N3O6/c1-24-14-8-6-5-7-13(14)19(25)18(21(24)27)20(26)23-22-11-12-9-16(29-3)17(30-4)10-15(12)28-2/h5-11,25H,1-4H3,(H,23,26)/b22-11-. The molecule has 2 N–H and O–H groups in total. The lowest BCUT2D eigenvalue weighted by atomic mass is 10.1. The first-order valence-corrected chi connectivity index (χ1v) is 8.87. The summed E-state index contributed by atoms with van der Waals surface area (Å²) in [6, 6.07) is 9.99. The van der Waals surface area contributed by atoms with E-state index in [1.807, 2.05) is 0 Å². The van der Waals surface area contributed by atoms with Crippen LogP contribution >= 0.6 is 0 Å². The number of para-hydroxylation sites is 1. The number of nitrogens with one attached hydrogen (secondary N) is 1. The molecule has 0 saturated carbocycles. The lowest BCUT2D eigenvalue weighted by molar-refractivity contribution is 0.0950. The fourth-order valence-corrected chi connectivity index (χ4v) is 3.05. The number of nitrogens with zero attached hydrogens (tertiary/aromatic N) is 2. The predicted octanol–water partition coefficient (Wildman–Crippen LogP) is 2.03. The Kier molecular flexibility index (Phi) is 5.91. The zero-order chi connectivity index (χ0) is 21.8. The molecule has 0 spiro atoms. The maximum Gasteiger partial charge on any atom is 0.280 e. The third-order valence-electron chi connectivity index (χ3n) is 4.61. The minimum atomic E-state index is -0.838. The Hall–Kier alpha value is -4.01. The van der Waals surface area contributed by atoms with Gasteiger partial charge in [-0.2, -0.15) is 5.10 Å². The summed E-state index contributed by atoms with van der Waals surface area (Å²) in [4.78, 5) is 25.1. The Balaban J connectivity index is 1.93. The van der Waals surface area contributed by atoms with Crippen molar-refractivity contribution in [2.45, 2.75) is 0 Å². The average Bonchev–Trinajstić information content (AvgIpc) is 2.77. The molecule has 0 fully saturated rings. The molecule has 0 aliphatic carbocycles. The molecule has 0 unspecified atom stereocenters. The van der Waals surface area contributed by atoms with Crippen LogP contribution in [0.3, 0.4) is 0 Å². The topological polar surface area (TPSA) is 111 Å². The second-order valence-corrected chi connectivity index (χ2v) is 6.25. The molecule has 30 heavy (non-hydrogen) atoms. The maximum atomic E-state index is 12.6. The van der Waals surface area contributed by atoms with Crippen molar-refractivity contribution < 1.29 is 24.1 Å². The van der Waals surface area contributed by atoms with Crippen molar-refractivity contribution in [3.8, 4) is 23.0 Å². The number of methoxy groups -OCH3 is 3. The van der Waals surface area contributed by atoms with Crippen LogP contribution in [0.25, 0.3) is 10.9 Å². The molecule has 2 aromatic carbocycles. The molecular weight excluding hydrogens is 390 g/mol. The molecule has 3 rings (SSSR count). The number of benzene rings is 2. The Morgan fingerprint density at radius 2 is 1.70 bits per heavy atom. The minimum absolute atomic E-state index is 0.385. The number of ether oxygens (including phenoxy) is 3. The molecule has 9 nitrogen and oxygen atoms in total. The van der Waals surface area contributed by atoms with Gasteiger partial charge in [0.1, 0.15) is 17.1 Å². The molecule has 1 heterocycles. The minimum Gasteiger partial charge on any atom is -0.506 e. The Bertz CT molecular complexity index is 1200. The molecule has 9 heteroatoms. The Morgan fingerprint density at radius 3 is 2.37 bits per heavy atom. The van der Waals surface area contributed by atoms with Crippen LogP contribution in [0.4, 0.5) is 0 Å². The van der Waals surface area contributed by atoms with E-state index in [-0.39, 0.29) is 0 Å². The molecular formula is C21H21N3O6. The van der Waals surface area contributed by atoms with Crippen LogP contribution < -0.4 is 25.2 Å². The van der Waals surface area contributed by atoms with Gasteiger partial charge in [0.25, 0.3) is 11.5 Å². The summed E-state index contributed by atoms with van der Waals surface area (Å²) in [5.41, 5.74) is 2.25. The van der Waals surface area contributed by atoms with E-state index < -0.39 is 22.8 Å². The van der Waals surface area contributed by atoms with E-state index >= 15 is 0 Å². The number of hydrogen-bond acceptors (Lipinski definition) is 7. The number of carbonyl (C=O) groups is 1. The van der Waals surface area contributed by atoms with Crippen molar-refractivity contribution in [2.75, 3.05) is 21.3 Å². The quantitative estimate of drug-likeness (QED) is 0.474. The lowest BCUT2D eigenvalue weighted by Gasteiger charge is -2.12. The van der Waals surface area contributed by atoms with E-state index in [1.165, 1.54) is 39.2 Å². The molecule has 0 radical (unpaired) electrons. The Morgan fingerprint density at radius 1 is 1.07 bits per heavy atom. The fourth-order valence-electron chi connectivity index (χ4n) is 3.05. The summed E-state index contributed by atoms with van der Waals surface area (Å²) >= 11 is 0. The van der Waals surface area contributed by atoms with Gasteiger partial charge in [-0.05, 0) is 18.2 Å². The molecule has 0 aliphatic heterocycles. The number of amides is 1. The molecule has 0 bridgehead atoms. The van der Waals surface area contributed by atoms with Gasteiger partial charge in [0.05, 0.1) is 33.1 Å². The van der Waals surface area contributed by atoms with Crippen LogP contribution in [-0.4, -0.2) is 43.1 Å². The zero-order valence-corrected chi connectivity index (χ0v) is 16.9. The summed E-state index contributed by atoms with van der Waals surface area (Å²) in [6.07, 6.45) is 1.33.